The summed E-state index contributed by atoms with van der Waals surface area (Å²) in [5.41, 5.74) is -0.969. The lowest BCUT2D eigenvalue weighted by Gasteiger charge is -2.36. The molecule has 31 heavy (non-hydrogen) atoms. The Bertz CT molecular complexity index is 1210. The lowest BCUT2D eigenvalue weighted by molar-refractivity contribution is 0.249. The van der Waals surface area contributed by atoms with Crippen LogP contribution in [0.1, 0.15) is 17.9 Å². The Morgan fingerprint density at radius 2 is 1.97 bits per heavy atom. The fraction of sp³-hybridized carbons (Fsp3) is 0.450. The average molecular weight is 442 g/mol. The maximum Gasteiger partial charge on any atom is 0.332 e. The molecule has 1 aliphatic heterocycles. The van der Waals surface area contributed by atoms with Gasteiger partial charge in [0.05, 0.1) is 4.88 Å². The van der Waals surface area contributed by atoms with Gasteiger partial charge in [-0.25, -0.2) is 4.79 Å². The third kappa shape index (κ3) is 4.17. The fourth-order valence-corrected chi connectivity index (χ4v) is 4.45. The number of hydrogen-bond acceptors (Lipinski definition) is 9. The van der Waals surface area contributed by atoms with Crippen molar-refractivity contribution in [3.8, 4) is 16.8 Å². The fourth-order valence-electron chi connectivity index (χ4n) is 3.80. The van der Waals surface area contributed by atoms with E-state index in [2.05, 4.69) is 15.0 Å². The van der Waals surface area contributed by atoms with Crippen molar-refractivity contribution in [1.82, 2.24) is 24.2 Å². The van der Waals surface area contributed by atoms with Crippen molar-refractivity contribution >= 4 is 17.2 Å². The van der Waals surface area contributed by atoms with Gasteiger partial charge in [-0.3, -0.25) is 18.8 Å². The summed E-state index contributed by atoms with van der Waals surface area (Å²) < 4.78 is 7.70. The van der Waals surface area contributed by atoms with E-state index >= 15 is 0 Å². The smallest absolute Gasteiger partial charge is 0.332 e. The van der Waals surface area contributed by atoms with Gasteiger partial charge in [-0.05, 0) is 24.4 Å². The molecule has 3 aromatic heterocycles. The lowest BCUT2D eigenvalue weighted by atomic mass is 10.2. The van der Waals surface area contributed by atoms with Crippen LogP contribution >= 0.6 is 11.3 Å². The molecule has 1 saturated heterocycles. The van der Waals surface area contributed by atoms with Crippen LogP contribution in [0, 0.1) is 11.3 Å². The summed E-state index contributed by atoms with van der Waals surface area (Å²) in [6.07, 6.45) is 1.60. The predicted molar refractivity (Wildman–Crippen MR) is 116 cm³/mol. The number of aryl methyl sites for hydroxylation is 1. The molecule has 11 heteroatoms. The van der Waals surface area contributed by atoms with E-state index in [0.717, 1.165) is 35.5 Å². The van der Waals surface area contributed by atoms with Crippen molar-refractivity contribution in [2.45, 2.75) is 12.8 Å². The van der Waals surface area contributed by atoms with Gasteiger partial charge in [-0.2, -0.15) is 10.2 Å². The maximum absolute atomic E-state index is 12.3. The lowest BCUT2D eigenvalue weighted by Crippen LogP contribution is -2.50. The molecule has 0 saturated carbocycles. The number of nitriles is 1. The van der Waals surface area contributed by atoms with Gasteiger partial charge in [0.15, 0.2) is 5.56 Å². The molecule has 0 amide bonds. The van der Waals surface area contributed by atoms with Gasteiger partial charge in [0.2, 0.25) is 11.7 Å². The second-order valence-electron chi connectivity index (χ2n) is 7.44. The Kier molecular flexibility index (Phi) is 6.01. The molecule has 1 fully saturated rings. The molecule has 4 rings (SSSR count). The quantitative estimate of drug-likeness (QED) is 0.553. The van der Waals surface area contributed by atoms with E-state index < -0.39 is 11.2 Å². The first-order valence-electron chi connectivity index (χ1n) is 10.0. The minimum atomic E-state index is -0.551. The van der Waals surface area contributed by atoms with E-state index in [0.29, 0.717) is 37.0 Å². The number of rotatable bonds is 6. The Hall–Kier alpha value is -3.23. The number of aromatic nitrogens is 4. The first-order valence-corrected chi connectivity index (χ1v) is 10.9. The Labute approximate surface area is 182 Å². The highest BCUT2D eigenvalue weighted by Crippen LogP contribution is 2.22. The van der Waals surface area contributed by atoms with Crippen LogP contribution < -0.4 is 16.1 Å². The maximum atomic E-state index is 12.3. The summed E-state index contributed by atoms with van der Waals surface area (Å²) in [6.45, 7) is 3.71. The molecule has 10 nitrogen and oxygen atoms in total. The number of anilines is 1. The summed E-state index contributed by atoms with van der Waals surface area (Å²) >= 11 is 1.58. The molecule has 162 valence electrons. The van der Waals surface area contributed by atoms with Gasteiger partial charge in [0, 0.05) is 46.7 Å². The first kappa shape index (κ1) is 21.0. The van der Waals surface area contributed by atoms with Crippen LogP contribution in [0.25, 0.3) is 10.7 Å². The summed E-state index contributed by atoms with van der Waals surface area (Å²) in [5.74, 6) is 1.67. The van der Waals surface area contributed by atoms with Gasteiger partial charge in [-0.15, -0.1) is 11.3 Å². The number of thiophene rings is 1. The highest BCUT2D eigenvalue weighted by atomic mass is 32.1. The Morgan fingerprint density at radius 1 is 1.19 bits per heavy atom. The zero-order valence-corrected chi connectivity index (χ0v) is 18.3. The molecule has 0 bridgehead atoms. The van der Waals surface area contributed by atoms with Gasteiger partial charge >= 0.3 is 5.69 Å². The molecule has 0 spiro atoms. The highest BCUT2D eigenvalue weighted by molar-refractivity contribution is 7.13. The van der Waals surface area contributed by atoms with E-state index in [1.54, 1.807) is 18.4 Å². The van der Waals surface area contributed by atoms with Crippen molar-refractivity contribution in [2.24, 2.45) is 14.1 Å². The molecule has 0 radical (unpaired) electrons. The minimum absolute atomic E-state index is 0.0102. The molecule has 1 aliphatic rings. The Balaban J connectivity index is 1.33. The Morgan fingerprint density at radius 3 is 2.65 bits per heavy atom. The van der Waals surface area contributed by atoms with Crippen molar-refractivity contribution < 1.29 is 4.52 Å². The zero-order chi connectivity index (χ0) is 22.0. The topological polar surface area (TPSA) is 113 Å². The third-order valence-corrected chi connectivity index (χ3v) is 6.36. The highest BCUT2D eigenvalue weighted by Gasteiger charge is 2.24. The van der Waals surface area contributed by atoms with Crippen LogP contribution in [-0.2, 0) is 20.5 Å². The SMILES string of the molecule is Cn1c(N2CCN(CCCc3nc(-c4cccs4)no3)CC2)c(C#N)c(=O)n(C)c1=O. The second kappa shape index (κ2) is 8.87. The van der Waals surface area contributed by atoms with Gasteiger partial charge in [0.1, 0.15) is 11.9 Å². The van der Waals surface area contributed by atoms with E-state index in [4.69, 9.17) is 4.52 Å². The molecule has 0 aromatic carbocycles. The summed E-state index contributed by atoms with van der Waals surface area (Å²) in [6, 6.07) is 5.90. The van der Waals surface area contributed by atoms with Crippen LogP contribution in [0.5, 0.6) is 0 Å². The van der Waals surface area contributed by atoms with Crippen molar-refractivity contribution in [2.75, 3.05) is 37.6 Å². The molecule has 0 aliphatic carbocycles. The van der Waals surface area contributed by atoms with Crippen molar-refractivity contribution in [1.29, 1.82) is 5.26 Å². The summed E-state index contributed by atoms with van der Waals surface area (Å²) in [5, 5.41) is 15.5. The van der Waals surface area contributed by atoms with Crippen LogP contribution in [0.2, 0.25) is 0 Å². The normalized spacial score (nSPS) is 14.7. The van der Waals surface area contributed by atoms with E-state index in [1.165, 1.54) is 11.6 Å². The van der Waals surface area contributed by atoms with Crippen LogP contribution in [-0.4, -0.2) is 56.9 Å². The number of hydrogen-bond donors (Lipinski definition) is 0. The van der Waals surface area contributed by atoms with Gasteiger partial charge in [0.25, 0.3) is 5.56 Å². The second-order valence-corrected chi connectivity index (χ2v) is 8.39. The zero-order valence-electron chi connectivity index (χ0n) is 17.4. The van der Waals surface area contributed by atoms with Crippen molar-refractivity contribution in [3.63, 3.8) is 0 Å². The third-order valence-electron chi connectivity index (χ3n) is 5.49. The molecular weight excluding hydrogens is 418 g/mol. The summed E-state index contributed by atoms with van der Waals surface area (Å²) in [4.78, 5) is 34.3. The van der Waals surface area contributed by atoms with Crippen LogP contribution in [0.4, 0.5) is 5.82 Å². The number of nitrogens with zero attached hydrogens (tertiary/aromatic N) is 7. The van der Waals surface area contributed by atoms with Crippen LogP contribution in [0.3, 0.4) is 0 Å². The van der Waals surface area contributed by atoms with Crippen molar-refractivity contribution in [3.05, 3.63) is 49.8 Å². The molecular formula is C20H23N7O3S. The van der Waals surface area contributed by atoms with E-state index in [-0.39, 0.29) is 5.56 Å². The van der Waals surface area contributed by atoms with E-state index in [9.17, 15) is 14.9 Å². The monoisotopic (exact) mass is 441 g/mol. The average Bonchev–Trinajstić information content (AvgIpc) is 3.47. The molecule has 0 atom stereocenters. The minimum Gasteiger partial charge on any atom is -0.354 e. The molecule has 0 unspecified atom stereocenters. The van der Waals surface area contributed by atoms with Gasteiger partial charge in [-0.1, -0.05) is 11.2 Å². The molecule has 4 heterocycles. The number of piperazine rings is 1. The summed E-state index contributed by atoms with van der Waals surface area (Å²) in [7, 11) is 2.99. The van der Waals surface area contributed by atoms with E-state index in [1.807, 2.05) is 28.5 Å². The van der Waals surface area contributed by atoms with Gasteiger partial charge < -0.3 is 9.42 Å². The largest absolute Gasteiger partial charge is 0.354 e. The first-order chi connectivity index (χ1) is 15.0. The molecule has 3 aromatic rings. The standard InChI is InChI=1S/C20H23N7O3S/c1-24-18(14(13-21)19(28)25(2)20(24)29)27-10-8-26(9-11-27)7-3-6-16-22-17(23-30-16)15-5-4-12-31-15/h4-5,12H,3,6-11H2,1-2H3. The predicted octanol–water partition coefficient (Wildman–Crippen LogP) is 0.822. The molecule has 0 N–H and O–H groups in total. The van der Waals surface area contributed by atoms with Crippen LogP contribution in [0.15, 0.2) is 31.6 Å².